The summed E-state index contributed by atoms with van der Waals surface area (Å²) in [4.78, 5) is 34.0. The molecule has 28 heavy (non-hydrogen) atoms. The second kappa shape index (κ2) is 9.31. The van der Waals surface area contributed by atoms with Gasteiger partial charge in [0.2, 0.25) is 0 Å². The van der Waals surface area contributed by atoms with Gasteiger partial charge in [-0.2, -0.15) is 0 Å². The predicted molar refractivity (Wildman–Crippen MR) is 95.9 cm³/mol. The van der Waals surface area contributed by atoms with E-state index in [2.05, 4.69) is 5.32 Å². The quantitative estimate of drug-likeness (QED) is 0.417. The summed E-state index contributed by atoms with van der Waals surface area (Å²) < 4.78 is 28.3. The van der Waals surface area contributed by atoms with Crippen LogP contribution in [0.25, 0.3) is 0 Å². The molecule has 0 heterocycles. The fraction of sp³-hybridized carbons (Fsp3) is 0.222. The number of rotatable bonds is 8. The van der Waals surface area contributed by atoms with Crippen molar-refractivity contribution in [3.05, 3.63) is 57.9 Å². The summed E-state index contributed by atoms with van der Waals surface area (Å²) in [5.41, 5.74) is 0.175. The first-order valence-electron chi connectivity index (χ1n) is 7.94. The van der Waals surface area contributed by atoms with Gasteiger partial charge in [0.1, 0.15) is 5.75 Å². The van der Waals surface area contributed by atoms with Gasteiger partial charge in [0.25, 0.3) is 11.6 Å². The van der Waals surface area contributed by atoms with Gasteiger partial charge in [0.05, 0.1) is 31.3 Å². The number of halogens is 1. The van der Waals surface area contributed by atoms with E-state index in [0.29, 0.717) is 5.56 Å². The van der Waals surface area contributed by atoms with E-state index >= 15 is 0 Å². The third-order valence-electron chi connectivity index (χ3n) is 3.60. The highest BCUT2D eigenvalue weighted by molar-refractivity contribution is 5.94. The normalized spacial score (nSPS) is 10.1. The summed E-state index contributed by atoms with van der Waals surface area (Å²) >= 11 is 0. The molecule has 0 bridgehead atoms. The van der Waals surface area contributed by atoms with E-state index in [-0.39, 0.29) is 29.3 Å². The Labute approximate surface area is 159 Å². The number of hydrogen-bond donors (Lipinski definition) is 1. The first kappa shape index (κ1) is 20.6. The maximum atomic E-state index is 13.6. The molecule has 148 valence electrons. The molecule has 1 amide bonds. The standard InChI is InChI=1S/C18H17FN2O7/c1-26-15-5-3-11(7-13(15)19)8-18(23)28-10-17(22)20-14-9-12(21(24)25)4-6-16(14)27-2/h3-7,9H,8,10H2,1-2H3,(H,20,22). The minimum Gasteiger partial charge on any atom is -0.495 e. The van der Waals surface area contributed by atoms with Crippen LogP contribution in [0.15, 0.2) is 36.4 Å². The first-order chi connectivity index (χ1) is 13.3. The molecule has 0 saturated carbocycles. The van der Waals surface area contributed by atoms with Crippen LogP contribution in [0.1, 0.15) is 5.56 Å². The highest BCUT2D eigenvalue weighted by Crippen LogP contribution is 2.28. The van der Waals surface area contributed by atoms with Crippen LogP contribution in [0.2, 0.25) is 0 Å². The van der Waals surface area contributed by atoms with Gasteiger partial charge in [-0.15, -0.1) is 0 Å². The number of benzene rings is 2. The van der Waals surface area contributed by atoms with Crippen molar-refractivity contribution in [1.82, 2.24) is 0 Å². The molecule has 0 atom stereocenters. The summed E-state index contributed by atoms with van der Waals surface area (Å²) in [6, 6.07) is 7.68. The molecule has 2 aromatic rings. The van der Waals surface area contributed by atoms with Crippen molar-refractivity contribution in [1.29, 1.82) is 0 Å². The molecule has 9 nitrogen and oxygen atoms in total. The van der Waals surface area contributed by atoms with Gasteiger partial charge < -0.3 is 19.5 Å². The number of hydrogen-bond acceptors (Lipinski definition) is 7. The minimum atomic E-state index is -0.745. The average Bonchev–Trinajstić information content (AvgIpc) is 2.66. The Morgan fingerprint density at radius 1 is 1.11 bits per heavy atom. The number of nitrogens with one attached hydrogen (secondary N) is 1. The highest BCUT2D eigenvalue weighted by Gasteiger charge is 2.15. The molecule has 0 unspecified atom stereocenters. The Kier molecular flexibility index (Phi) is 6.85. The number of methoxy groups -OCH3 is 2. The molecule has 0 radical (unpaired) electrons. The summed E-state index contributed by atoms with van der Waals surface area (Å²) in [5, 5.41) is 13.2. The number of esters is 1. The minimum absolute atomic E-state index is 0.0439. The maximum Gasteiger partial charge on any atom is 0.310 e. The second-order valence-electron chi connectivity index (χ2n) is 5.50. The van der Waals surface area contributed by atoms with E-state index < -0.39 is 29.2 Å². The molecule has 0 aliphatic carbocycles. The van der Waals surface area contributed by atoms with E-state index in [1.54, 1.807) is 0 Å². The van der Waals surface area contributed by atoms with Gasteiger partial charge in [0.15, 0.2) is 18.2 Å². The Morgan fingerprint density at radius 2 is 1.79 bits per heavy atom. The number of nitrogens with zero attached hydrogens (tertiary/aromatic N) is 1. The van der Waals surface area contributed by atoms with Gasteiger partial charge in [-0.05, 0) is 23.8 Å². The van der Waals surface area contributed by atoms with E-state index in [0.717, 1.165) is 12.1 Å². The fourth-order valence-electron chi connectivity index (χ4n) is 2.28. The van der Waals surface area contributed by atoms with Crippen LogP contribution in [0.4, 0.5) is 15.8 Å². The Morgan fingerprint density at radius 3 is 2.39 bits per heavy atom. The average molecular weight is 392 g/mol. The lowest BCUT2D eigenvalue weighted by Crippen LogP contribution is -2.22. The molecule has 2 rings (SSSR count). The molecular formula is C18H17FN2O7. The zero-order chi connectivity index (χ0) is 20.7. The molecule has 0 aromatic heterocycles. The second-order valence-corrected chi connectivity index (χ2v) is 5.50. The summed E-state index contributed by atoms with van der Waals surface area (Å²) in [6.07, 6.45) is -0.242. The summed E-state index contributed by atoms with van der Waals surface area (Å²) in [6.45, 7) is -0.622. The number of anilines is 1. The van der Waals surface area contributed by atoms with Crippen LogP contribution < -0.4 is 14.8 Å². The van der Waals surface area contributed by atoms with Crippen LogP contribution in [0.5, 0.6) is 11.5 Å². The predicted octanol–water partition coefficient (Wildman–Crippen LogP) is 2.48. The van der Waals surface area contributed by atoms with Gasteiger partial charge in [0, 0.05) is 12.1 Å². The number of nitro benzene ring substituents is 1. The molecule has 0 aliphatic heterocycles. The number of nitro groups is 1. The lowest BCUT2D eigenvalue weighted by atomic mass is 10.1. The van der Waals surface area contributed by atoms with Crippen molar-refractivity contribution in [3.8, 4) is 11.5 Å². The van der Waals surface area contributed by atoms with E-state index in [1.807, 2.05) is 0 Å². The number of non-ortho nitro benzene ring substituents is 1. The van der Waals surface area contributed by atoms with E-state index in [1.165, 1.54) is 38.5 Å². The third kappa shape index (κ3) is 5.40. The van der Waals surface area contributed by atoms with Gasteiger partial charge in [-0.3, -0.25) is 19.7 Å². The zero-order valence-electron chi connectivity index (χ0n) is 15.1. The van der Waals surface area contributed by atoms with Crippen LogP contribution in [0.3, 0.4) is 0 Å². The van der Waals surface area contributed by atoms with Crippen molar-refractivity contribution in [3.63, 3.8) is 0 Å². The van der Waals surface area contributed by atoms with Crippen LogP contribution in [-0.2, 0) is 20.7 Å². The number of ether oxygens (including phenoxy) is 3. The largest absolute Gasteiger partial charge is 0.495 e. The smallest absolute Gasteiger partial charge is 0.310 e. The lowest BCUT2D eigenvalue weighted by Gasteiger charge is -2.10. The number of carbonyl (C=O) groups excluding carboxylic acids is 2. The zero-order valence-corrected chi connectivity index (χ0v) is 15.1. The molecule has 1 N–H and O–H groups in total. The van der Waals surface area contributed by atoms with Crippen molar-refractivity contribution in [2.75, 3.05) is 26.1 Å². The van der Waals surface area contributed by atoms with Crippen molar-refractivity contribution < 1.29 is 33.1 Å². The van der Waals surface area contributed by atoms with E-state index in [9.17, 15) is 24.1 Å². The number of carbonyl (C=O) groups is 2. The lowest BCUT2D eigenvalue weighted by molar-refractivity contribution is -0.384. The molecule has 0 spiro atoms. The van der Waals surface area contributed by atoms with Crippen molar-refractivity contribution in [2.24, 2.45) is 0 Å². The van der Waals surface area contributed by atoms with Gasteiger partial charge >= 0.3 is 5.97 Å². The highest BCUT2D eigenvalue weighted by atomic mass is 19.1. The van der Waals surface area contributed by atoms with Gasteiger partial charge in [-0.1, -0.05) is 6.07 Å². The number of amides is 1. The Bertz CT molecular complexity index is 901. The van der Waals surface area contributed by atoms with Crippen LogP contribution >= 0.6 is 0 Å². The van der Waals surface area contributed by atoms with Crippen molar-refractivity contribution in [2.45, 2.75) is 6.42 Å². The Balaban J connectivity index is 1.93. The third-order valence-corrected chi connectivity index (χ3v) is 3.60. The molecule has 0 aliphatic rings. The molecule has 0 saturated heterocycles. The monoisotopic (exact) mass is 392 g/mol. The van der Waals surface area contributed by atoms with Crippen molar-refractivity contribution >= 4 is 23.3 Å². The SMILES string of the molecule is COc1ccc(CC(=O)OCC(=O)Nc2cc([N+](=O)[O-])ccc2OC)cc1F. The fourth-order valence-corrected chi connectivity index (χ4v) is 2.28. The molecule has 0 fully saturated rings. The Hall–Kier alpha value is -3.69. The first-order valence-corrected chi connectivity index (χ1v) is 7.94. The maximum absolute atomic E-state index is 13.6. The van der Waals surface area contributed by atoms with E-state index in [4.69, 9.17) is 14.2 Å². The van der Waals surface area contributed by atoms with Crippen LogP contribution in [-0.4, -0.2) is 37.6 Å². The topological polar surface area (TPSA) is 117 Å². The molecule has 10 heteroatoms. The van der Waals surface area contributed by atoms with Gasteiger partial charge in [-0.25, -0.2) is 4.39 Å². The summed E-state index contributed by atoms with van der Waals surface area (Å²) in [5.74, 6) is -1.83. The van der Waals surface area contributed by atoms with Crippen LogP contribution in [0, 0.1) is 15.9 Å². The molecule has 2 aromatic carbocycles. The summed E-state index contributed by atoms with van der Waals surface area (Å²) in [7, 11) is 2.66. The molecular weight excluding hydrogens is 375 g/mol.